The van der Waals surface area contributed by atoms with E-state index < -0.39 is 7.26 Å². The minimum Gasteiger partial charge on any atom is -0.322 e. The third kappa shape index (κ3) is 2.66. The van der Waals surface area contributed by atoms with Crippen LogP contribution in [0.2, 0.25) is 5.02 Å². The van der Waals surface area contributed by atoms with Gasteiger partial charge < -0.3 is 5.32 Å². The lowest BCUT2D eigenvalue weighted by atomic mass is 10.1. The number of benzene rings is 1. The van der Waals surface area contributed by atoms with Crippen LogP contribution in [-0.2, 0) is 4.79 Å². The fraction of sp³-hybridized carbons (Fsp3) is 0.533. The van der Waals surface area contributed by atoms with E-state index in [1.54, 1.807) is 0 Å². The zero-order valence-electron chi connectivity index (χ0n) is 12.3. The molecule has 19 heavy (non-hydrogen) atoms. The molecular formula is C15H22ClNOP+. The van der Waals surface area contributed by atoms with Crippen LogP contribution in [0.1, 0.15) is 24.0 Å². The van der Waals surface area contributed by atoms with Crippen LogP contribution in [0.4, 0.5) is 5.69 Å². The molecule has 0 unspecified atom stereocenters. The molecule has 1 amide bonds. The number of amides is 1. The molecule has 0 aromatic heterocycles. The second-order valence-corrected chi connectivity index (χ2v) is 11.7. The molecule has 2 rings (SSSR count). The Balaban J connectivity index is 2.26. The van der Waals surface area contributed by atoms with Crippen LogP contribution < -0.4 is 5.32 Å². The van der Waals surface area contributed by atoms with Gasteiger partial charge >= 0.3 is 0 Å². The Bertz CT molecular complexity index is 506. The Hall–Kier alpha value is -0.590. The van der Waals surface area contributed by atoms with Gasteiger partial charge in [-0.15, -0.1) is 0 Å². The molecule has 1 aromatic carbocycles. The third-order valence-corrected chi connectivity index (χ3v) is 7.60. The van der Waals surface area contributed by atoms with Crippen molar-refractivity contribution in [3.8, 4) is 0 Å². The lowest BCUT2D eigenvalue weighted by Gasteiger charge is -2.24. The molecule has 1 aliphatic rings. The number of hydrogen-bond donors (Lipinski definition) is 1. The number of carbonyl (C=O) groups excluding carboxylic acids is 1. The van der Waals surface area contributed by atoms with Gasteiger partial charge in [0, 0.05) is 50.8 Å². The van der Waals surface area contributed by atoms with Gasteiger partial charge in [-0.3, -0.25) is 4.79 Å². The highest BCUT2D eigenvalue weighted by Crippen LogP contribution is 2.71. The van der Waals surface area contributed by atoms with Crippen LogP contribution >= 0.6 is 18.9 Å². The summed E-state index contributed by atoms with van der Waals surface area (Å²) in [4.78, 5) is 12.6. The fourth-order valence-corrected chi connectivity index (χ4v) is 5.10. The second-order valence-electron chi connectivity index (χ2n) is 6.41. The van der Waals surface area contributed by atoms with Crippen LogP contribution in [-0.4, -0.2) is 31.1 Å². The van der Waals surface area contributed by atoms with Gasteiger partial charge in [0.2, 0.25) is 0 Å². The van der Waals surface area contributed by atoms with E-state index in [4.69, 9.17) is 11.6 Å². The summed E-state index contributed by atoms with van der Waals surface area (Å²) in [6, 6.07) is 3.80. The predicted octanol–water partition coefficient (Wildman–Crippen LogP) is 4.33. The first-order valence-corrected chi connectivity index (χ1v) is 10.1. The van der Waals surface area contributed by atoms with Crippen LogP contribution in [0.15, 0.2) is 12.1 Å². The Labute approximate surface area is 121 Å². The molecule has 1 fully saturated rings. The SMILES string of the molecule is Cc1cc(Cl)cc(C)c1NC(=O)C1([P+](C)(C)C)CC1. The normalized spacial score (nSPS) is 17.2. The Morgan fingerprint density at radius 3 is 2.05 bits per heavy atom. The molecule has 1 N–H and O–H groups in total. The maximum atomic E-state index is 12.6. The van der Waals surface area contributed by atoms with E-state index >= 15 is 0 Å². The highest BCUT2D eigenvalue weighted by atomic mass is 35.5. The standard InChI is InChI=1S/C15H21ClNOP/c1-10-8-12(16)9-11(2)13(10)17-14(18)15(6-7-15)19(3,4)5/h8-9H,6-7H2,1-5H3/p+1. The van der Waals surface area contributed by atoms with Gasteiger partial charge in [-0.2, -0.15) is 0 Å². The van der Waals surface area contributed by atoms with Gasteiger partial charge in [0.05, 0.1) is 0 Å². The van der Waals surface area contributed by atoms with Crippen molar-refractivity contribution in [3.63, 3.8) is 0 Å². The van der Waals surface area contributed by atoms with E-state index in [2.05, 4.69) is 25.3 Å². The maximum absolute atomic E-state index is 12.6. The van der Waals surface area contributed by atoms with E-state index in [9.17, 15) is 4.79 Å². The largest absolute Gasteiger partial charge is 0.322 e. The van der Waals surface area contributed by atoms with E-state index in [1.165, 1.54) is 0 Å². The van der Waals surface area contributed by atoms with Crippen molar-refractivity contribution in [3.05, 3.63) is 28.3 Å². The van der Waals surface area contributed by atoms with Crippen molar-refractivity contribution >= 4 is 30.5 Å². The van der Waals surface area contributed by atoms with Gasteiger partial charge in [-0.05, 0) is 37.1 Å². The first-order valence-electron chi connectivity index (χ1n) is 6.57. The summed E-state index contributed by atoms with van der Waals surface area (Å²) in [6.45, 7) is 10.7. The summed E-state index contributed by atoms with van der Waals surface area (Å²) in [5.41, 5.74) is 2.98. The molecule has 4 heteroatoms. The quantitative estimate of drug-likeness (QED) is 0.827. The number of rotatable bonds is 3. The van der Waals surface area contributed by atoms with E-state index in [-0.39, 0.29) is 11.1 Å². The minimum atomic E-state index is -1.18. The van der Waals surface area contributed by atoms with Crippen molar-refractivity contribution < 1.29 is 4.79 Å². The summed E-state index contributed by atoms with van der Waals surface area (Å²) in [5, 5.41) is 3.77. The van der Waals surface area contributed by atoms with Crippen LogP contribution in [0.25, 0.3) is 0 Å². The topological polar surface area (TPSA) is 29.1 Å². The first kappa shape index (κ1) is 14.8. The van der Waals surface area contributed by atoms with Gasteiger partial charge in [-0.25, -0.2) is 0 Å². The molecule has 0 aliphatic heterocycles. The number of nitrogens with one attached hydrogen (secondary N) is 1. The first-order chi connectivity index (χ1) is 8.67. The zero-order valence-corrected chi connectivity index (χ0v) is 14.0. The van der Waals surface area contributed by atoms with Crippen LogP contribution in [0.5, 0.6) is 0 Å². The number of aryl methyl sites for hydroxylation is 2. The summed E-state index contributed by atoms with van der Waals surface area (Å²) in [6.07, 6.45) is 2.06. The third-order valence-electron chi connectivity index (χ3n) is 4.17. The number of anilines is 1. The highest BCUT2D eigenvalue weighted by Gasteiger charge is 2.64. The minimum absolute atomic E-state index is 0.0917. The van der Waals surface area contributed by atoms with Crippen molar-refractivity contribution in [1.82, 2.24) is 0 Å². The summed E-state index contributed by atoms with van der Waals surface area (Å²) in [7, 11) is -1.18. The highest BCUT2D eigenvalue weighted by molar-refractivity contribution is 7.76. The van der Waals surface area contributed by atoms with Crippen molar-refractivity contribution in [2.45, 2.75) is 31.8 Å². The van der Waals surface area contributed by atoms with Crippen LogP contribution in [0, 0.1) is 13.8 Å². The van der Waals surface area contributed by atoms with Crippen molar-refractivity contribution in [2.75, 3.05) is 25.3 Å². The molecule has 0 spiro atoms. The Kier molecular flexibility index (Phi) is 3.70. The average molecular weight is 299 g/mol. The second kappa shape index (κ2) is 4.75. The molecule has 0 atom stereocenters. The van der Waals surface area contributed by atoms with E-state index in [1.807, 2.05) is 26.0 Å². The predicted molar refractivity (Wildman–Crippen MR) is 86.2 cm³/mol. The summed E-state index contributed by atoms with van der Waals surface area (Å²) >= 11 is 6.03. The molecule has 0 saturated heterocycles. The maximum Gasteiger partial charge on any atom is 0.268 e. The smallest absolute Gasteiger partial charge is 0.268 e. The molecule has 2 nitrogen and oxygen atoms in total. The average Bonchev–Trinajstić information content (AvgIpc) is 3.02. The monoisotopic (exact) mass is 298 g/mol. The molecule has 0 radical (unpaired) electrons. The molecule has 1 saturated carbocycles. The van der Waals surface area contributed by atoms with E-state index in [0.29, 0.717) is 0 Å². The lowest BCUT2D eigenvalue weighted by Crippen LogP contribution is -2.32. The number of carbonyl (C=O) groups is 1. The van der Waals surface area contributed by atoms with Gasteiger partial charge in [0.15, 0.2) is 5.16 Å². The number of hydrogen-bond acceptors (Lipinski definition) is 1. The van der Waals surface area contributed by atoms with Crippen molar-refractivity contribution in [2.24, 2.45) is 0 Å². The fourth-order valence-electron chi connectivity index (χ4n) is 2.66. The van der Waals surface area contributed by atoms with Crippen molar-refractivity contribution in [1.29, 1.82) is 0 Å². The Morgan fingerprint density at radius 1 is 1.21 bits per heavy atom. The Morgan fingerprint density at radius 2 is 1.68 bits per heavy atom. The summed E-state index contributed by atoms with van der Waals surface area (Å²) < 4.78 is 0. The zero-order chi connectivity index (χ0) is 14.4. The van der Waals surface area contributed by atoms with Gasteiger partial charge in [0.25, 0.3) is 5.91 Å². The molecule has 104 valence electrons. The molecule has 1 aromatic rings. The molecule has 1 aliphatic carbocycles. The molecular weight excluding hydrogens is 277 g/mol. The van der Waals surface area contributed by atoms with E-state index in [0.717, 1.165) is 34.7 Å². The number of halogens is 1. The molecule has 0 heterocycles. The summed E-state index contributed by atoms with van der Waals surface area (Å²) in [5.74, 6) is 0.196. The van der Waals surface area contributed by atoms with Gasteiger partial charge in [-0.1, -0.05) is 11.6 Å². The lowest BCUT2D eigenvalue weighted by molar-refractivity contribution is -0.116. The molecule has 0 bridgehead atoms. The van der Waals surface area contributed by atoms with Gasteiger partial charge in [0.1, 0.15) is 0 Å². The van der Waals surface area contributed by atoms with Crippen LogP contribution in [0.3, 0.4) is 0 Å².